The minimum Gasteiger partial charge on any atom is -0.453 e. The predicted octanol–water partition coefficient (Wildman–Crippen LogP) is 2.80. The predicted molar refractivity (Wildman–Crippen MR) is 80.6 cm³/mol. The van der Waals surface area contributed by atoms with Gasteiger partial charge in [0.2, 0.25) is 5.91 Å². The van der Waals surface area contributed by atoms with Gasteiger partial charge in [0.05, 0.1) is 7.11 Å². The van der Waals surface area contributed by atoms with E-state index in [1.165, 1.54) is 7.11 Å². The van der Waals surface area contributed by atoms with Gasteiger partial charge < -0.3 is 15.0 Å². The van der Waals surface area contributed by atoms with Gasteiger partial charge in [-0.25, -0.2) is 4.79 Å². The third-order valence-corrected chi connectivity index (χ3v) is 3.60. The number of methoxy groups -OCH3 is 1. The second-order valence-corrected chi connectivity index (χ2v) is 5.18. The molecule has 0 saturated carbocycles. The van der Waals surface area contributed by atoms with Crippen molar-refractivity contribution in [3.63, 3.8) is 0 Å². The van der Waals surface area contributed by atoms with Crippen LogP contribution in [0.4, 0.5) is 4.79 Å². The smallest absolute Gasteiger partial charge is 0.407 e. The Bertz CT molecular complexity index is 295. The Morgan fingerprint density at radius 1 is 1.20 bits per heavy atom. The van der Waals surface area contributed by atoms with Crippen LogP contribution in [0, 0.1) is 5.92 Å². The van der Waals surface area contributed by atoms with Crippen LogP contribution >= 0.6 is 0 Å². The number of alkyl carbamates (subject to hydrolysis) is 1. The molecule has 0 aromatic rings. The fraction of sp³-hybridized carbons (Fsp3) is 0.867. The molecule has 0 aliphatic carbocycles. The SMILES string of the molecule is CCCCN(C)C(=O)C(NC(=O)OC)C(CC)CCC. The zero-order valence-electron chi connectivity index (χ0n) is 13.6. The highest BCUT2D eigenvalue weighted by Crippen LogP contribution is 2.18. The second kappa shape index (κ2) is 10.5. The lowest BCUT2D eigenvalue weighted by atomic mass is 9.91. The topological polar surface area (TPSA) is 58.6 Å². The number of unbranched alkanes of at least 4 members (excludes halogenated alkanes) is 1. The van der Waals surface area contributed by atoms with Gasteiger partial charge in [-0.2, -0.15) is 0 Å². The Kier molecular flexibility index (Phi) is 9.86. The number of hydrogen-bond acceptors (Lipinski definition) is 3. The quantitative estimate of drug-likeness (QED) is 0.709. The van der Waals surface area contributed by atoms with Crippen LogP contribution in [0.2, 0.25) is 0 Å². The summed E-state index contributed by atoms with van der Waals surface area (Å²) in [5.74, 6) is 0.125. The standard InChI is InChI=1S/C15H30N2O3/c1-6-9-11-17(4)14(18)13(16-15(19)20-5)12(8-3)10-7-2/h12-13H,6-11H2,1-5H3,(H,16,19). The van der Waals surface area contributed by atoms with Gasteiger partial charge in [-0.3, -0.25) is 4.79 Å². The molecule has 0 radical (unpaired) electrons. The lowest BCUT2D eigenvalue weighted by molar-refractivity contribution is -0.133. The van der Waals surface area contributed by atoms with E-state index in [0.717, 1.165) is 38.6 Å². The number of carbonyl (C=O) groups excluding carboxylic acids is 2. The summed E-state index contributed by atoms with van der Waals surface area (Å²) in [6.07, 6.45) is 4.23. The maximum Gasteiger partial charge on any atom is 0.407 e. The van der Waals surface area contributed by atoms with Crippen molar-refractivity contribution in [2.24, 2.45) is 5.92 Å². The van der Waals surface area contributed by atoms with E-state index in [9.17, 15) is 9.59 Å². The number of amides is 2. The minimum absolute atomic E-state index is 0.0239. The van der Waals surface area contributed by atoms with Crippen molar-refractivity contribution in [2.45, 2.75) is 58.9 Å². The van der Waals surface area contributed by atoms with Crippen LogP contribution in [0.1, 0.15) is 52.9 Å². The maximum absolute atomic E-state index is 12.5. The lowest BCUT2D eigenvalue weighted by Crippen LogP contribution is -2.51. The molecule has 0 aromatic carbocycles. The second-order valence-electron chi connectivity index (χ2n) is 5.18. The van der Waals surface area contributed by atoms with Crippen molar-refractivity contribution in [3.8, 4) is 0 Å². The van der Waals surface area contributed by atoms with Crippen molar-refractivity contribution in [1.29, 1.82) is 0 Å². The van der Waals surface area contributed by atoms with E-state index >= 15 is 0 Å². The van der Waals surface area contributed by atoms with Crippen molar-refractivity contribution in [1.82, 2.24) is 10.2 Å². The van der Waals surface area contributed by atoms with Gasteiger partial charge in [-0.05, 0) is 18.8 Å². The normalized spacial score (nSPS) is 13.4. The van der Waals surface area contributed by atoms with Crippen molar-refractivity contribution in [2.75, 3.05) is 20.7 Å². The van der Waals surface area contributed by atoms with Crippen LogP contribution in [-0.4, -0.2) is 43.6 Å². The molecular weight excluding hydrogens is 256 g/mol. The highest BCUT2D eigenvalue weighted by atomic mass is 16.5. The van der Waals surface area contributed by atoms with Crippen LogP contribution in [0.5, 0.6) is 0 Å². The van der Waals surface area contributed by atoms with Gasteiger partial charge in [0, 0.05) is 13.6 Å². The summed E-state index contributed by atoms with van der Waals surface area (Å²) in [5.41, 5.74) is 0. The molecule has 2 atom stereocenters. The molecule has 1 N–H and O–H groups in total. The van der Waals surface area contributed by atoms with Gasteiger partial charge in [0.1, 0.15) is 6.04 Å². The first-order chi connectivity index (χ1) is 9.51. The first-order valence-electron chi connectivity index (χ1n) is 7.61. The maximum atomic E-state index is 12.5. The molecule has 0 saturated heterocycles. The zero-order valence-corrected chi connectivity index (χ0v) is 13.6. The van der Waals surface area contributed by atoms with Crippen LogP contribution in [0.25, 0.3) is 0 Å². The third kappa shape index (κ3) is 6.26. The molecule has 0 aliphatic heterocycles. The highest BCUT2D eigenvalue weighted by Gasteiger charge is 2.30. The Morgan fingerprint density at radius 3 is 2.30 bits per heavy atom. The van der Waals surface area contributed by atoms with Gasteiger partial charge in [0.15, 0.2) is 0 Å². The van der Waals surface area contributed by atoms with E-state index in [0.29, 0.717) is 0 Å². The molecule has 0 fully saturated rings. The first kappa shape index (κ1) is 18.7. The number of rotatable bonds is 9. The summed E-state index contributed by atoms with van der Waals surface area (Å²) < 4.78 is 4.64. The number of ether oxygens (including phenoxy) is 1. The number of nitrogens with zero attached hydrogens (tertiary/aromatic N) is 1. The summed E-state index contributed by atoms with van der Waals surface area (Å²) >= 11 is 0. The highest BCUT2D eigenvalue weighted by molar-refractivity contribution is 5.85. The van der Waals surface area contributed by atoms with Crippen LogP contribution in [0.3, 0.4) is 0 Å². The molecule has 2 amide bonds. The van der Waals surface area contributed by atoms with E-state index in [4.69, 9.17) is 0 Å². The van der Waals surface area contributed by atoms with Crippen molar-refractivity contribution in [3.05, 3.63) is 0 Å². The summed E-state index contributed by atoms with van der Waals surface area (Å²) in [7, 11) is 3.11. The lowest BCUT2D eigenvalue weighted by Gasteiger charge is -2.29. The monoisotopic (exact) mass is 286 g/mol. The summed E-state index contributed by atoms with van der Waals surface area (Å²) in [4.78, 5) is 25.7. The van der Waals surface area contributed by atoms with Gasteiger partial charge in [0.25, 0.3) is 0 Å². The molecular formula is C15H30N2O3. The largest absolute Gasteiger partial charge is 0.453 e. The Balaban J connectivity index is 4.88. The molecule has 5 nitrogen and oxygen atoms in total. The summed E-state index contributed by atoms with van der Waals surface area (Å²) in [5, 5.41) is 2.71. The fourth-order valence-electron chi connectivity index (χ4n) is 2.29. The van der Waals surface area contributed by atoms with Gasteiger partial charge in [-0.15, -0.1) is 0 Å². The molecule has 0 aromatic heterocycles. The van der Waals surface area contributed by atoms with E-state index in [2.05, 4.69) is 23.9 Å². The number of nitrogens with one attached hydrogen (secondary N) is 1. The van der Waals surface area contributed by atoms with E-state index in [1.54, 1.807) is 11.9 Å². The van der Waals surface area contributed by atoms with Crippen LogP contribution < -0.4 is 5.32 Å². The zero-order chi connectivity index (χ0) is 15.5. The molecule has 0 heterocycles. The Labute approximate surface area is 123 Å². The van der Waals surface area contributed by atoms with E-state index < -0.39 is 12.1 Å². The van der Waals surface area contributed by atoms with E-state index in [1.807, 2.05) is 6.92 Å². The first-order valence-corrected chi connectivity index (χ1v) is 7.61. The average molecular weight is 286 g/mol. The number of hydrogen-bond donors (Lipinski definition) is 1. The van der Waals surface area contributed by atoms with E-state index in [-0.39, 0.29) is 11.8 Å². The third-order valence-electron chi connectivity index (χ3n) is 3.60. The van der Waals surface area contributed by atoms with Gasteiger partial charge in [-0.1, -0.05) is 40.0 Å². The molecule has 118 valence electrons. The molecule has 5 heteroatoms. The molecule has 20 heavy (non-hydrogen) atoms. The molecule has 2 unspecified atom stereocenters. The fourth-order valence-corrected chi connectivity index (χ4v) is 2.29. The molecule has 0 bridgehead atoms. The van der Waals surface area contributed by atoms with Crippen LogP contribution in [-0.2, 0) is 9.53 Å². The molecule has 0 aliphatic rings. The minimum atomic E-state index is -0.540. The van der Waals surface area contributed by atoms with Crippen LogP contribution in [0.15, 0.2) is 0 Å². The van der Waals surface area contributed by atoms with Crippen molar-refractivity contribution >= 4 is 12.0 Å². The Hall–Kier alpha value is -1.26. The van der Waals surface area contributed by atoms with Gasteiger partial charge >= 0.3 is 6.09 Å². The Morgan fingerprint density at radius 2 is 1.85 bits per heavy atom. The summed E-state index contributed by atoms with van der Waals surface area (Å²) in [6, 6.07) is -0.491. The average Bonchev–Trinajstić information content (AvgIpc) is 2.47. The number of likely N-dealkylation sites (N-methyl/N-ethyl adjacent to an activating group) is 1. The molecule has 0 rings (SSSR count). The molecule has 0 spiro atoms. The summed E-state index contributed by atoms with van der Waals surface area (Å²) in [6.45, 7) is 6.94. The number of carbonyl (C=O) groups is 2. The van der Waals surface area contributed by atoms with Crippen molar-refractivity contribution < 1.29 is 14.3 Å².